The van der Waals surface area contributed by atoms with Crippen molar-refractivity contribution < 1.29 is 0 Å². The lowest BCUT2D eigenvalue weighted by Crippen LogP contribution is -2.28. The first-order valence-electron chi connectivity index (χ1n) is 6.95. The molecule has 0 bridgehead atoms. The van der Waals surface area contributed by atoms with Gasteiger partial charge in [0.1, 0.15) is 0 Å². The van der Waals surface area contributed by atoms with Crippen molar-refractivity contribution in [1.29, 1.82) is 0 Å². The topological polar surface area (TPSA) is 12.0 Å². The predicted molar refractivity (Wildman–Crippen MR) is 68.1 cm³/mol. The smallest absolute Gasteiger partial charge is 0.00386 e. The van der Waals surface area contributed by atoms with Crippen LogP contribution in [0.25, 0.3) is 0 Å². The molecule has 1 nitrogen and oxygen atoms in total. The zero-order chi connectivity index (χ0) is 11.1. The molecular weight excluding hydrogens is 182 g/mol. The van der Waals surface area contributed by atoms with E-state index in [-0.39, 0.29) is 0 Å². The molecular formula is C14H29N. The molecule has 1 fully saturated rings. The Balaban J connectivity index is 2.03. The van der Waals surface area contributed by atoms with Gasteiger partial charge in [0.2, 0.25) is 0 Å². The maximum Gasteiger partial charge on any atom is 0.00386 e. The van der Waals surface area contributed by atoms with Crippen LogP contribution in [0.3, 0.4) is 0 Å². The molecule has 15 heavy (non-hydrogen) atoms. The molecule has 0 aromatic rings. The first kappa shape index (κ1) is 13.0. The van der Waals surface area contributed by atoms with Crippen LogP contribution in [0.5, 0.6) is 0 Å². The van der Waals surface area contributed by atoms with Gasteiger partial charge in [-0.25, -0.2) is 0 Å². The molecule has 1 saturated carbocycles. The lowest BCUT2D eigenvalue weighted by Gasteiger charge is -2.27. The van der Waals surface area contributed by atoms with Crippen LogP contribution in [0.4, 0.5) is 0 Å². The van der Waals surface area contributed by atoms with Crippen molar-refractivity contribution in [3.05, 3.63) is 0 Å². The Labute approximate surface area is 96.0 Å². The van der Waals surface area contributed by atoms with E-state index < -0.39 is 0 Å². The van der Waals surface area contributed by atoms with Crippen molar-refractivity contribution in [2.24, 2.45) is 11.8 Å². The minimum Gasteiger partial charge on any atom is -0.314 e. The molecule has 0 amide bonds. The maximum absolute atomic E-state index is 3.65. The van der Waals surface area contributed by atoms with Gasteiger partial charge in [-0.1, -0.05) is 39.5 Å². The molecule has 3 atom stereocenters. The number of nitrogens with one attached hydrogen (secondary N) is 1. The Kier molecular flexibility index (Phi) is 6.31. The van der Waals surface area contributed by atoms with Gasteiger partial charge in [-0.3, -0.25) is 0 Å². The van der Waals surface area contributed by atoms with Crippen LogP contribution in [0, 0.1) is 11.8 Å². The maximum atomic E-state index is 3.65. The van der Waals surface area contributed by atoms with Crippen LogP contribution in [0.15, 0.2) is 0 Å². The van der Waals surface area contributed by atoms with Crippen LogP contribution < -0.4 is 5.32 Å². The van der Waals surface area contributed by atoms with Gasteiger partial charge in [0, 0.05) is 6.04 Å². The summed E-state index contributed by atoms with van der Waals surface area (Å²) in [7, 11) is 0. The average molecular weight is 211 g/mol. The molecule has 1 heteroatoms. The Hall–Kier alpha value is -0.0400. The highest BCUT2D eigenvalue weighted by molar-refractivity contribution is 4.72. The lowest BCUT2D eigenvalue weighted by molar-refractivity contribution is 0.265. The quantitative estimate of drug-likeness (QED) is 0.700. The minimum absolute atomic E-state index is 0.719. The summed E-state index contributed by atoms with van der Waals surface area (Å²) in [6.45, 7) is 8.23. The van der Waals surface area contributed by atoms with E-state index in [0.717, 1.165) is 17.9 Å². The molecule has 0 aliphatic heterocycles. The van der Waals surface area contributed by atoms with E-state index in [1.807, 2.05) is 0 Å². The van der Waals surface area contributed by atoms with Gasteiger partial charge < -0.3 is 5.32 Å². The second kappa shape index (κ2) is 7.27. The monoisotopic (exact) mass is 211 g/mol. The molecule has 1 aliphatic rings. The third-order valence-electron chi connectivity index (χ3n) is 3.81. The van der Waals surface area contributed by atoms with E-state index in [0.29, 0.717) is 0 Å². The van der Waals surface area contributed by atoms with Gasteiger partial charge in [-0.05, 0) is 44.6 Å². The molecule has 0 spiro atoms. The van der Waals surface area contributed by atoms with Gasteiger partial charge in [0.15, 0.2) is 0 Å². The average Bonchev–Trinajstić information content (AvgIpc) is 2.18. The highest BCUT2D eigenvalue weighted by atomic mass is 14.9. The van der Waals surface area contributed by atoms with E-state index in [2.05, 4.69) is 26.1 Å². The Morgan fingerprint density at radius 3 is 2.80 bits per heavy atom. The summed E-state index contributed by atoms with van der Waals surface area (Å²) in [5.74, 6) is 1.99. The fraction of sp³-hybridized carbons (Fsp3) is 1.00. The van der Waals surface area contributed by atoms with Gasteiger partial charge in [0.05, 0.1) is 0 Å². The van der Waals surface area contributed by atoms with Crippen molar-refractivity contribution in [2.75, 3.05) is 6.54 Å². The molecule has 0 heterocycles. The molecule has 1 N–H and O–H groups in total. The third-order valence-corrected chi connectivity index (χ3v) is 3.81. The second-order valence-electron chi connectivity index (χ2n) is 5.57. The second-order valence-corrected chi connectivity index (χ2v) is 5.57. The van der Waals surface area contributed by atoms with Gasteiger partial charge in [-0.2, -0.15) is 0 Å². The molecule has 0 aromatic carbocycles. The molecule has 0 saturated heterocycles. The van der Waals surface area contributed by atoms with Crippen molar-refractivity contribution in [2.45, 2.75) is 71.8 Å². The lowest BCUT2D eigenvalue weighted by atomic mass is 9.81. The van der Waals surface area contributed by atoms with Crippen LogP contribution in [-0.4, -0.2) is 12.6 Å². The fourth-order valence-electron chi connectivity index (χ4n) is 2.89. The summed E-state index contributed by atoms with van der Waals surface area (Å²) in [6.07, 6.45) is 9.92. The van der Waals surface area contributed by atoms with E-state index in [4.69, 9.17) is 0 Å². The normalized spacial score (nSPS) is 29.0. The molecule has 3 unspecified atom stereocenters. The summed E-state index contributed by atoms with van der Waals surface area (Å²) in [5.41, 5.74) is 0. The summed E-state index contributed by atoms with van der Waals surface area (Å²) < 4.78 is 0. The van der Waals surface area contributed by atoms with Crippen LogP contribution in [-0.2, 0) is 0 Å². The van der Waals surface area contributed by atoms with E-state index in [1.54, 1.807) is 0 Å². The van der Waals surface area contributed by atoms with Gasteiger partial charge in [0.25, 0.3) is 0 Å². The van der Waals surface area contributed by atoms with Crippen LogP contribution >= 0.6 is 0 Å². The number of rotatable bonds is 6. The summed E-state index contributed by atoms with van der Waals surface area (Å²) in [4.78, 5) is 0. The van der Waals surface area contributed by atoms with Crippen molar-refractivity contribution in [3.8, 4) is 0 Å². The molecule has 90 valence electrons. The largest absolute Gasteiger partial charge is 0.314 e. The van der Waals surface area contributed by atoms with Crippen molar-refractivity contribution in [1.82, 2.24) is 5.32 Å². The first-order chi connectivity index (χ1) is 7.22. The highest BCUT2D eigenvalue weighted by Gasteiger charge is 2.18. The summed E-state index contributed by atoms with van der Waals surface area (Å²) in [5, 5.41) is 3.65. The van der Waals surface area contributed by atoms with Gasteiger partial charge in [-0.15, -0.1) is 0 Å². The van der Waals surface area contributed by atoms with E-state index in [1.165, 1.54) is 51.5 Å². The number of hydrogen-bond donors (Lipinski definition) is 1. The summed E-state index contributed by atoms with van der Waals surface area (Å²) >= 11 is 0. The Bertz CT molecular complexity index is 155. The molecule has 1 rings (SSSR count). The van der Waals surface area contributed by atoms with Crippen molar-refractivity contribution in [3.63, 3.8) is 0 Å². The molecule has 1 aliphatic carbocycles. The van der Waals surface area contributed by atoms with Crippen LogP contribution in [0.2, 0.25) is 0 Å². The number of hydrogen-bond acceptors (Lipinski definition) is 1. The SMILES string of the molecule is CCCC(C)NCCC1CCCC(C)C1. The highest BCUT2D eigenvalue weighted by Crippen LogP contribution is 2.30. The molecule has 0 radical (unpaired) electrons. The Morgan fingerprint density at radius 1 is 1.33 bits per heavy atom. The standard InChI is InChI=1S/C14H29N/c1-4-6-13(3)15-10-9-14-8-5-7-12(2)11-14/h12-15H,4-11H2,1-3H3. The zero-order valence-electron chi connectivity index (χ0n) is 10.9. The Morgan fingerprint density at radius 2 is 2.13 bits per heavy atom. The van der Waals surface area contributed by atoms with E-state index >= 15 is 0 Å². The third kappa shape index (κ3) is 5.55. The predicted octanol–water partition coefficient (Wildman–Crippen LogP) is 3.98. The zero-order valence-corrected chi connectivity index (χ0v) is 10.9. The first-order valence-corrected chi connectivity index (χ1v) is 6.95. The summed E-state index contributed by atoms with van der Waals surface area (Å²) in [6, 6.07) is 0.719. The minimum atomic E-state index is 0.719. The van der Waals surface area contributed by atoms with E-state index in [9.17, 15) is 0 Å². The fourth-order valence-corrected chi connectivity index (χ4v) is 2.89. The molecule has 0 aromatic heterocycles. The van der Waals surface area contributed by atoms with Gasteiger partial charge >= 0.3 is 0 Å². The van der Waals surface area contributed by atoms with Crippen molar-refractivity contribution >= 4 is 0 Å². The van der Waals surface area contributed by atoms with Crippen LogP contribution in [0.1, 0.15) is 65.7 Å².